The Labute approximate surface area is 123 Å². The largest absolute Gasteiger partial charge is 0.299 e. The number of hydrogen-bond donors (Lipinski definition) is 0. The summed E-state index contributed by atoms with van der Waals surface area (Å²) in [5.41, 5.74) is 0.529. The summed E-state index contributed by atoms with van der Waals surface area (Å²) in [6, 6.07) is 10.4. The van der Waals surface area contributed by atoms with Gasteiger partial charge in [-0.2, -0.15) is 0 Å². The van der Waals surface area contributed by atoms with Crippen molar-refractivity contribution >= 4 is 5.78 Å². The Hall–Kier alpha value is -1.15. The molecule has 0 aromatic heterocycles. The fourth-order valence-corrected chi connectivity index (χ4v) is 2.75. The molecule has 0 radical (unpaired) electrons. The average molecular weight is 273 g/mol. The average Bonchev–Trinajstić information content (AvgIpc) is 3.28. The SMILES string of the molecule is CCCCN(CC(C)(C)C(=O)c1ccccc1)C1CC1. The number of nitrogens with zero attached hydrogens (tertiary/aromatic N) is 1. The number of rotatable bonds is 8. The normalized spacial score (nSPS) is 15.6. The Morgan fingerprint density at radius 3 is 2.45 bits per heavy atom. The number of carbonyl (C=O) groups is 1. The number of hydrogen-bond acceptors (Lipinski definition) is 2. The molecule has 1 aliphatic rings. The van der Waals surface area contributed by atoms with E-state index in [0.717, 1.165) is 24.7 Å². The van der Waals surface area contributed by atoms with E-state index in [9.17, 15) is 4.79 Å². The zero-order valence-corrected chi connectivity index (χ0v) is 13.1. The summed E-state index contributed by atoms with van der Waals surface area (Å²) in [4.78, 5) is 15.2. The van der Waals surface area contributed by atoms with Crippen LogP contribution >= 0.6 is 0 Å². The first-order chi connectivity index (χ1) is 9.54. The van der Waals surface area contributed by atoms with Crippen LogP contribution in [0.25, 0.3) is 0 Å². The second kappa shape index (κ2) is 6.53. The van der Waals surface area contributed by atoms with E-state index in [2.05, 4.69) is 25.7 Å². The summed E-state index contributed by atoms with van der Waals surface area (Å²) in [5.74, 6) is 0.264. The molecule has 0 amide bonds. The van der Waals surface area contributed by atoms with Gasteiger partial charge in [0.05, 0.1) is 0 Å². The lowest BCUT2D eigenvalue weighted by molar-refractivity contribution is 0.0755. The van der Waals surface area contributed by atoms with Crippen molar-refractivity contribution in [3.8, 4) is 0 Å². The van der Waals surface area contributed by atoms with E-state index in [4.69, 9.17) is 0 Å². The van der Waals surface area contributed by atoms with Crippen molar-refractivity contribution in [1.29, 1.82) is 0 Å². The summed E-state index contributed by atoms with van der Waals surface area (Å²) in [6.45, 7) is 8.41. The smallest absolute Gasteiger partial charge is 0.169 e. The molecule has 0 atom stereocenters. The lowest BCUT2D eigenvalue weighted by Gasteiger charge is -2.32. The minimum absolute atomic E-state index is 0.264. The molecule has 1 fully saturated rings. The van der Waals surface area contributed by atoms with E-state index in [1.165, 1.54) is 25.7 Å². The zero-order chi connectivity index (χ0) is 14.6. The summed E-state index contributed by atoms with van der Waals surface area (Å²) < 4.78 is 0. The quantitative estimate of drug-likeness (QED) is 0.663. The molecule has 0 aliphatic heterocycles. The van der Waals surface area contributed by atoms with E-state index < -0.39 is 0 Å². The van der Waals surface area contributed by atoms with Crippen molar-refractivity contribution in [2.75, 3.05) is 13.1 Å². The van der Waals surface area contributed by atoms with Crippen molar-refractivity contribution in [3.05, 3.63) is 35.9 Å². The van der Waals surface area contributed by atoms with Crippen LogP contribution in [0.15, 0.2) is 30.3 Å². The third-order valence-corrected chi connectivity index (χ3v) is 4.11. The van der Waals surface area contributed by atoms with Gasteiger partial charge in [0.1, 0.15) is 0 Å². The van der Waals surface area contributed by atoms with Crippen molar-refractivity contribution in [2.45, 2.75) is 52.5 Å². The number of carbonyl (C=O) groups excluding carboxylic acids is 1. The molecule has 2 heteroatoms. The van der Waals surface area contributed by atoms with E-state index in [0.29, 0.717) is 0 Å². The van der Waals surface area contributed by atoms with Crippen molar-refractivity contribution in [1.82, 2.24) is 4.90 Å². The molecule has 1 aromatic carbocycles. The minimum Gasteiger partial charge on any atom is -0.299 e. The van der Waals surface area contributed by atoms with Gasteiger partial charge in [0.25, 0.3) is 0 Å². The Balaban J connectivity index is 2.03. The van der Waals surface area contributed by atoms with Crippen molar-refractivity contribution in [3.63, 3.8) is 0 Å². The third-order valence-electron chi connectivity index (χ3n) is 4.11. The number of Topliss-reactive ketones (excluding diaryl/α,β-unsaturated/α-hetero) is 1. The van der Waals surface area contributed by atoms with Crippen LogP contribution in [-0.4, -0.2) is 29.8 Å². The molecule has 0 spiro atoms. The van der Waals surface area contributed by atoms with Crippen molar-refractivity contribution in [2.24, 2.45) is 5.41 Å². The molecule has 110 valence electrons. The summed E-state index contributed by atoms with van der Waals surface area (Å²) >= 11 is 0. The highest BCUT2D eigenvalue weighted by Crippen LogP contribution is 2.32. The second-order valence-corrected chi connectivity index (χ2v) is 6.63. The van der Waals surface area contributed by atoms with Crippen LogP contribution in [0.5, 0.6) is 0 Å². The lowest BCUT2D eigenvalue weighted by Crippen LogP contribution is -2.41. The van der Waals surface area contributed by atoms with Gasteiger partial charge >= 0.3 is 0 Å². The molecule has 2 rings (SSSR count). The Morgan fingerprint density at radius 2 is 1.90 bits per heavy atom. The van der Waals surface area contributed by atoms with E-state index >= 15 is 0 Å². The van der Waals surface area contributed by atoms with Gasteiger partial charge < -0.3 is 0 Å². The van der Waals surface area contributed by atoms with Crippen LogP contribution in [0.1, 0.15) is 56.8 Å². The molecule has 1 aromatic rings. The molecular weight excluding hydrogens is 246 g/mol. The Kier molecular flexibility index (Phi) is 4.98. The van der Waals surface area contributed by atoms with Gasteiger partial charge in [-0.15, -0.1) is 0 Å². The fourth-order valence-electron chi connectivity index (χ4n) is 2.75. The van der Waals surface area contributed by atoms with Crippen LogP contribution in [0.4, 0.5) is 0 Å². The minimum atomic E-state index is -0.308. The monoisotopic (exact) mass is 273 g/mol. The molecule has 1 aliphatic carbocycles. The molecule has 0 N–H and O–H groups in total. The van der Waals surface area contributed by atoms with Gasteiger partial charge in [0.15, 0.2) is 5.78 Å². The molecule has 0 saturated heterocycles. The number of ketones is 1. The van der Waals surface area contributed by atoms with Crippen LogP contribution < -0.4 is 0 Å². The van der Waals surface area contributed by atoms with Crippen LogP contribution in [0, 0.1) is 5.41 Å². The topological polar surface area (TPSA) is 20.3 Å². The summed E-state index contributed by atoms with van der Waals surface area (Å²) in [6.07, 6.45) is 5.06. The van der Waals surface area contributed by atoms with Crippen LogP contribution in [0.3, 0.4) is 0 Å². The first-order valence-electron chi connectivity index (χ1n) is 7.88. The van der Waals surface area contributed by atoms with Crippen molar-refractivity contribution < 1.29 is 4.79 Å². The third kappa shape index (κ3) is 3.92. The fraction of sp³-hybridized carbons (Fsp3) is 0.611. The highest BCUT2D eigenvalue weighted by molar-refractivity contribution is 6.00. The highest BCUT2D eigenvalue weighted by atomic mass is 16.1. The van der Waals surface area contributed by atoms with Crippen LogP contribution in [-0.2, 0) is 0 Å². The molecule has 0 unspecified atom stereocenters. The summed E-state index contributed by atoms with van der Waals surface area (Å²) in [5, 5.41) is 0. The van der Waals surface area contributed by atoms with Gasteiger partial charge in [-0.05, 0) is 25.8 Å². The van der Waals surface area contributed by atoms with Gasteiger partial charge in [-0.3, -0.25) is 9.69 Å². The van der Waals surface area contributed by atoms with Crippen LogP contribution in [0.2, 0.25) is 0 Å². The van der Waals surface area contributed by atoms with Gasteiger partial charge in [0.2, 0.25) is 0 Å². The van der Waals surface area contributed by atoms with E-state index in [1.54, 1.807) is 0 Å². The summed E-state index contributed by atoms with van der Waals surface area (Å²) in [7, 11) is 0. The first-order valence-corrected chi connectivity index (χ1v) is 7.88. The first kappa shape index (κ1) is 15.2. The Bertz CT molecular complexity index is 434. The molecular formula is C18H27NO. The standard InChI is InChI=1S/C18H27NO/c1-4-5-13-19(16-11-12-16)14-18(2,3)17(20)15-9-7-6-8-10-15/h6-10,16H,4-5,11-14H2,1-3H3. The van der Waals surface area contributed by atoms with E-state index in [1.807, 2.05) is 30.3 Å². The molecule has 0 bridgehead atoms. The predicted octanol–water partition coefficient (Wildman–Crippen LogP) is 4.16. The molecule has 1 saturated carbocycles. The maximum absolute atomic E-state index is 12.7. The maximum Gasteiger partial charge on any atom is 0.169 e. The van der Waals surface area contributed by atoms with Gasteiger partial charge in [0, 0.05) is 23.6 Å². The second-order valence-electron chi connectivity index (χ2n) is 6.63. The lowest BCUT2D eigenvalue weighted by atomic mass is 9.83. The number of unbranched alkanes of at least 4 members (excludes halogenated alkanes) is 1. The van der Waals surface area contributed by atoms with E-state index in [-0.39, 0.29) is 11.2 Å². The molecule has 2 nitrogen and oxygen atoms in total. The van der Waals surface area contributed by atoms with Gasteiger partial charge in [-0.25, -0.2) is 0 Å². The molecule has 0 heterocycles. The number of benzene rings is 1. The highest BCUT2D eigenvalue weighted by Gasteiger charge is 2.36. The maximum atomic E-state index is 12.7. The van der Waals surface area contributed by atoms with Gasteiger partial charge in [-0.1, -0.05) is 57.5 Å². The zero-order valence-electron chi connectivity index (χ0n) is 13.1. The predicted molar refractivity (Wildman–Crippen MR) is 84.1 cm³/mol. The Morgan fingerprint density at radius 1 is 1.25 bits per heavy atom. The molecule has 20 heavy (non-hydrogen) atoms.